The maximum absolute atomic E-state index is 12.9. The summed E-state index contributed by atoms with van der Waals surface area (Å²) in [6, 6.07) is 6.03. The van der Waals surface area contributed by atoms with Gasteiger partial charge in [0.1, 0.15) is 6.10 Å². The van der Waals surface area contributed by atoms with Crippen LogP contribution in [0.5, 0.6) is 0 Å². The molecule has 6 heteroatoms. The lowest BCUT2D eigenvalue weighted by Gasteiger charge is -2.32. The zero-order valence-corrected chi connectivity index (χ0v) is 14.8. The third-order valence-corrected chi connectivity index (χ3v) is 5.08. The van der Waals surface area contributed by atoms with Crippen LogP contribution < -0.4 is 5.32 Å². The normalized spacial score (nSPS) is 23.8. The van der Waals surface area contributed by atoms with Gasteiger partial charge in [-0.15, -0.1) is 0 Å². The summed E-state index contributed by atoms with van der Waals surface area (Å²) < 4.78 is 13.3. The molecule has 0 bridgehead atoms. The number of nitrogens with zero attached hydrogens (tertiary/aromatic N) is 2. The van der Waals surface area contributed by atoms with Crippen molar-refractivity contribution in [2.45, 2.75) is 38.3 Å². The predicted octanol–water partition coefficient (Wildman–Crippen LogP) is 2.20. The van der Waals surface area contributed by atoms with Gasteiger partial charge in [-0.1, -0.05) is 11.6 Å². The number of nitrogens with one attached hydrogen (secondary N) is 1. The van der Waals surface area contributed by atoms with E-state index < -0.39 is 0 Å². The molecule has 25 heavy (non-hydrogen) atoms. The second-order valence-electron chi connectivity index (χ2n) is 7.25. The summed E-state index contributed by atoms with van der Waals surface area (Å²) in [5, 5.41) is 8.46. The molecule has 0 spiro atoms. The fraction of sp³-hybridized carbons (Fsp3) is 0.579. The molecule has 134 valence electrons. The number of hydrogen-bond acceptors (Lipinski definition) is 4. The summed E-state index contributed by atoms with van der Waals surface area (Å²) >= 11 is 0. The number of ether oxygens (including phenoxy) is 2. The van der Waals surface area contributed by atoms with Crippen molar-refractivity contribution in [3.05, 3.63) is 29.5 Å². The van der Waals surface area contributed by atoms with E-state index in [-0.39, 0.29) is 18.1 Å². The number of carbonyl (C=O) groups excluding carboxylic acids is 1. The number of aryl methyl sites for hydroxylation is 2. The van der Waals surface area contributed by atoms with Crippen molar-refractivity contribution in [1.29, 1.82) is 0 Å². The molecule has 2 aromatic rings. The van der Waals surface area contributed by atoms with E-state index in [4.69, 9.17) is 9.47 Å². The summed E-state index contributed by atoms with van der Waals surface area (Å²) in [6.45, 7) is 3.98. The van der Waals surface area contributed by atoms with Crippen molar-refractivity contribution in [1.82, 2.24) is 15.1 Å². The number of hydrogen-bond donors (Lipinski definition) is 1. The van der Waals surface area contributed by atoms with E-state index in [0.717, 1.165) is 29.5 Å². The van der Waals surface area contributed by atoms with Gasteiger partial charge in [0.2, 0.25) is 0 Å². The first-order valence-corrected chi connectivity index (χ1v) is 9.05. The molecule has 1 aromatic carbocycles. The molecular formula is C19H25N3O3. The molecule has 1 amide bonds. The molecule has 1 saturated heterocycles. The molecular weight excluding hydrogens is 318 g/mol. The fourth-order valence-corrected chi connectivity index (χ4v) is 3.37. The van der Waals surface area contributed by atoms with E-state index >= 15 is 0 Å². The first-order chi connectivity index (χ1) is 12.1. The summed E-state index contributed by atoms with van der Waals surface area (Å²) in [7, 11) is 1.87. The Morgan fingerprint density at radius 3 is 3.04 bits per heavy atom. The Kier molecular flexibility index (Phi) is 4.48. The van der Waals surface area contributed by atoms with Crippen molar-refractivity contribution < 1.29 is 14.3 Å². The van der Waals surface area contributed by atoms with Crippen LogP contribution in [0.15, 0.2) is 18.2 Å². The number of rotatable bonds is 5. The van der Waals surface area contributed by atoms with Crippen LogP contribution in [0.25, 0.3) is 10.9 Å². The Hall–Kier alpha value is -1.92. The summed E-state index contributed by atoms with van der Waals surface area (Å²) in [6.07, 6.45) is 3.20. The topological polar surface area (TPSA) is 65.4 Å². The maximum Gasteiger partial charge on any atom is 0.272 e. The Morgan fingerprint density at radius 2 is 2.24 bits per heavy atom. The van der Waals surface area contributed by atoms with Gasteiger partial charge in [-0.05, 0) is 44.2 Å². The van der Waals surface area contributed by atoms with E-state index in [1.165, 1.54) is 12.8 Å². The van der Waals surface area contributed by atoms with Crippen LogP contribution in [-0.4, -0.2) is 47.7 Å². The molecule has 1 aliphatic carbocycles. The number of carbonyl (C=O) groups is 1. The van der Waals surface area contributed by atoms with Crippen LogP contribution in [0, 0.1) is 12.8 Å². The minimum absolute atomic E-state index is 0.0261. The predicted molar refractivity (Wildman–Crippen MR) is 94.6 cm³/mol. The van der Waals surface area contributed by atoms with E-state index in [0.29, 0.717) is 24.8 Å². The standard InChI is InChI=1S/C19H25N3O3/c1-12-3-6-16-14(9-12)18(21-22(16)2)19(23)20-15-7-8-24-11-17(15)25-10-13-4-5-13/h3,6,9,13,15,17H,4-5,7-8,10-11H2,1-2H3,(H,20,23)/t15-,17-/m1/s1. The lowest BCUT2D eigenvalue weighted by atomic mass is 10.1. The van der Waals surface area contributed by atoms with Crippen LogP contribution in [0.4, 0.5) is 0 Å². The molecule has 0 radical (unpaired) electrons. The molecule has 2 aliphatic rings. The number of benzene rings is 1. The zero-order valence-electron chi connectivity index (χ0n) is 14.8. The Labute approximate surface area is 147 Å². The highest BCUT2D eigenvalue weighted by Gasteiger charge is 2.31. The molecule has 6 nitrogen and oxygen atoms in total. The third kappa shape index (κ3) is 3.55. The van der Waals surface area contributed by atoms with Crippen molar-refractivity contribution in [2.24, 2.45) is 13.0 Å². The molecule has 1 N–H and O–H groups in total. The van der Waals surface area contributed by atoms with E-state index in [1.54, 1.807) is 4.68 Å². The molecule has 2 atom stereocenters. The fourth-order valence-electron chi connectivity index (χ4n) is 3.37. The van der Waals surface area contributed by atoms with Gasteiger partial charge in [0.05, 0.1) is 18.2 Å². The van der Waals surface area contributed by atoms with Crippen LogP contribution in [-0.2, 0) is 16.5 Å². The maximum atomic E-state index is 12.9. The van der Waals surface area contributed by atoms with Gasteiger partial charge in [0.25, 0.3) is 5.91 Å². The highest BCUT2D eigenvalue weighted by Crippen LogP contribution is 2.30. The molecule has 4 rings (SSSR count). The Balaban J connectivity index is 1.51. The van der Waals surface area contributed by atoms with Gasteiger partial charge in [-0.3, -0.25) is 9.48 Å². The summed E-state index contributed by atoms with van der Waals surface area (Å²) in [5.41, 5.74) is 2.56. The largest absolute Gasteiger partial charge is 0.379 e. The Morgan fingerprint density at radius 1 is 1.40 bits per heavy atom. The third-order valence-electron chi connectivity index (χ3n) is 5.08. The van der Waals surface area contributed by atoms with Crippen molar-refractivity contribution >= 4 is 16.8 Å². The SMILES string of the molecule is Cc1ccc2c(c1)c(C(=O)N[C@@H]1CCOC[C@H]1OCC1CC1)nn2C. The molecule has 0 unspecified atom stereocenters. The molecule has 1 saturated carbocycles. The Bertz CT molecular complexity index is 782. The zero-order chi connectivity index (χ0) is 17.4. The van der Waals surface area contributed by atoms with Crippen molar-refractivity contribution in [3.8, 4) is 0 Å². The van der Waals surface area contributed by atoms with Gasteiger partial charge in [0, 0.05) is 25.6 Å². The van der Waals surface area contributed by atoms with Gasteiger partial charge in [-0.25, -0.2) is 0 Å². The van der Waals surface area contributed by atoms with E-state index in [2.05, 4.69) is 10.4 Å². The second-order valence-corrected chi connectivity index (χ2v) is 7.25. The monoisotopic (exact) mass is 343 g/mol. The lowest BCUT2D eigenvalue weighted by molar-refractivity contribution is -0.0697. The van der Waals surface area contributed by atoms with E-state index in [9.17, 15) is 4.79 Å². The number of aromatic nitrogens is 2. The quantitative estimate of drug-likeness (QED) is 0.904. The average molecular weight is 343 g/mol. The van der Waals surface area contributed by atoms with Crippen LogP contribution in [0.2, 0.25) is 0 Å². The number of amides is 1. The molecule has 1 aromatic heterocycles. The van der Waals surface area contributed by atoms with Crippen LogP contribution in [0.3, 0.4) is 0 Å². The summed E-state index contributed by atoms with van der Waals surface area (Å²) in [4.78, 5) is 12.9. The summed E-state index contributed by atoms with van der Waals surface area (Å²) in [5.74, 6) is 0.559. The smallest absolute Gasteiger partial charge is 0.272 e. The highest BCUT2D eigenvalue weighted by molar-refractivity contribution is 6.05. The number of fused-ring (bicyclic) bond motifs is 1. The first kappa shape index (κ1) is 16.5. The lowest BCUT2D eigenvalue weighted by Crippen LogP contribution is -2.50. The van der Waals surface area contributed by atoms with Gasteiger partial charge >= 0.3 is 0 Å². The van der Waals surface area contributed by atoms with E-state index in [1.807, 2.05) is 32.2 Å². The second kappa shape index (κ2) is 6.77. The molecule has 2 heterocycles. The van der Waals surface area contributed by atoms with Crippen LogP contribution in [0.1, 0.15) is 35.3 Å². The molecule has 1 aliphatic heterocycles. The average Bonchev–Trinajstić information content (AvgIpc) is 3.37. The van der Waals surface area contributed by atoms with Gasteiger partial charge < -0.3 is 14.8 Å². The van der Waals surface area contributed by atoms with Crippen molar-refractivity contribution in [3.63, 3.8) is 0 Å². The minimum atomic E-state index is -0.136. The van der Waals surface area contributed by atoms with Crippen LogP contribution >= 0.6 is 0 Å². The van der Waals surface area contributed by atoms with Gasteiger partial charge in [0.15, 0.2) is 5.69 Å². The minimum Gasteiger partial charge on any atom is -0.379 e. The first-order valence-electron chi connectivity index (χ1n) is 9.05. The van der Waals surface area contributed by atoms with Gasteiger partial charge in [-0.2, -0.15) is 5.10 Å². The highest BCUT2D eigenvalue weighted by atomic mass is 16.5. The molecule has 2 fully saturated rings. The van der Waals surface area contributed by atoms with Crippen molar-refractivity contribution in [2.75, 3.05) is 19.8 Å².